The van der Waals surface area contributed by atoms with E-state index in [1.807, 2.05) is 48.9 Å². The van der Waals surface area contributed by atoms with Crippen molar-refractivity contribution in [2.45, 2.75) is 44.9 Å². The van der Waals surface area contributed by atoms with Crippen LogP contribution in [0.15, 0.2) is 59.1 Å². The Hall–Kier alpha value is -2.27. The monoisotopic (exact) mass is 356 g/mol. The first-order chi connectivity index (χ1) is 11.8. The van der Waals surface area contributed by atoms with Crippen LogP contribution in [0.5, 0.6) is 0 Å². The quantitative estimate of drug-likeness (QED) is 0.892. The SMILES string of the molecule is CC1=CC=C(NS(=O)(=O)c2ccc(C(C)C)cc2)n2cc(C)cc2C1. The first-order valence-electron chi connectivity index (χ1n) is 8.45. The molecule has 1 N–H and O–H groups in total. The van der Waals surface area contributed by atoms with E-state index in [1.165, 1.54) is 5.57 Å². The molecule has 0 aliphatic carbocycles. The van der Waals surface area contributed by atoms with E-state index >= 15 is 0 Å². The molecular weight excluding hydrogens is 332 g/mol. The van der Waals surface area contributed by atoms with E-state index in [2.05, 4.69) is 24.6 Å². The van der Waals surface area contributed by atoms with Gasteiger partial charge in [-0.3, -0.25) is 4.72 Å². The highest BCUT2D eigenvalue weighted by Gasteiger charge is 2.19. The number of hydrogen-bond acceptors (Lipinski definition) is 2. The standard InChI is InChI=1S/C20H24N2O2S/c1-14(2)17-6-8-19(9-7-17)25(23,24)21-20-10-5-15(3)11-18-12-16(4)13-22(18)20/h5-10,12-14,21H,11H2,1-4H3. The lowest BCUT2D eigenvalue weighted by atomic mass is 10.0. The van der Waals surface area contributed by atoms with Crippen LogP contribution in [-0.4, -0.2) is 13.0 Å². The van der Waals surface area contributed by atoms with Gasteiger partial charge in [-0.05, 0) is 55.2 Å². The summed E-state index contributed by atoms with van der Waals surface area (Å²) in [4.78, 5) is 0.271. The van der Waals surface area contributed by atoms with Crippen LogP contribution in [0.4, 0.5) is 0 Å². The number of hydrogen-bond donors (Lipinski definition) is 1. The molecule has 4 nitrogen and oxygen atoms in total. The predicted molar refractivity (Wildman–Crippen MR) is 102 cm³/mol. The van der Waals surface area contributed by atoms with Gasteiger partial charge in [-0.15, -0.1) is 0 Å². The summed E-state index contributed by atoms with van der Waals surface area (Å²) in [5, 5.41) is 0. The molecule has 132 valence electrons. The second-order valence-corrected chi connectivity index (χ2v) is 8.63. The summed E-state index contributed by atoms with van der Waals surface area (Å²) in [5.41, 5.74) is 4.49. The molecule has 1 aromatic carbocycles. The molecule has 1 aliphatic rings. The van der Waals surface area contributed by atoms with Gasteiger partial charge in [0.05, 0.1) is 4.90 Å². The molecule has 0 saturated heterocycles. The third kappa shape index (κ3) is 3.71. The summed E-state index contributed by atoms with van der Waals surface area (Å²) in [7, 11) is -3.64. The Morgan fingerprint density at radius 1 is 1.08 bits per heavy atom. The molecule has 0 unspecified atom stereocenters. The predicted octanol–water partition coefficient (Wildman–Crippen LogP) is 4.20. The van der Waals surface area contributed by atoms with Crippen molar-refractivity contribution in [1.82, 2.24) is 9.29 Å². The number of rotatable bonds is 4. The Labute approximate surface area is 149 Å². The van der Waals surface area contributed by atoms with E-state index in [9.17, 15) is 8.42 Å². The number of benzene rings is 1. The minimum absolute atomic E-state index is 0.271. The van der Waals surface area contributed by atoms with Crippen LogP contribution in [-0.2, 0) is 16.4 Å². The van der Waals surface area contributed by atoms with Crippen LogP contribution in [0.3, 0.4) is 0 Å². The number of nitrogens with one attached hydrogen (secondary N) is 1. The largest absolute Gasteiger partial charge is 0.306 e. The average molecular weight is 356 g/mol. The Kier molecular flexibility index (Phi) is 4.60. The zero-order valence-corrected chi connectivity index (χ0v) is 15.9. The summed E-state index contributed by atoms with van der Waals surface area (Å²) in [6.45, 7) is 8.23. The molecule has 3 rings (SSSR count). The Bertz CT molecular complexity index is 946. The molecule has 0 spiro atoms. The van der Waals surface area contributed by atoms with Crippen LogP contribution in [0, 0.1) is 6.92 Å². The van der Waals surface area contributed by atoms with E-state index in [-0.39, 0.29) is 4.90 Å². The average Bonchev–Trinajstić information content (AvgIpc) is 2.85. The van der Waals surface area contributed by atoms with Crippen LogP contribution < -0.4 is 4.72 Å². The van der Waals surface area contributed by atoms with Gasteiger partial charge in [-0.25, -0.2) is 8.42 Å². The number of aryl methyl sites for hydroxylation is 1. The minimum Gasteiger partial charge on any atom is -0.306 e. The molecule has 0 saturated carbocycles. The zero-order valence-electron chi connectivity index (χ0n) is 15.1. The summed E-state index contributed by atoms with van der Waals surface area (Å²) in [6, 6.07) is 9.16. The molecule has 25 heavy (non-hydrogen) atoms. The highest BCUT2D eigenvalue weighted by molar-refractivity contribution is 7.89. The van der Waals surface area contributed by atoms with Crippen LogP contribution in [0.25, 0.3) is 5.82 Å². The first kappa shape index (κ1) is 17.5. The lowest BCUT2D eigenvalue weighted by Crippen LogP contribution is -2.25. The summed E-state index contributed by atoms with van der Waals surface area (Å²) < 4.78 is 30.3. The highest BCUT2D eigenvalue weighted by Crippen LogP contribution is 2.22. The van der Waals surface area contributed by atoms with Crippen molar-refractivity contribution in [3.63, 3.8) is 0 Å². The molecule has 1 aromatic heterocycles. The maximum atomic E-state index is 12.8. The third-order valence-corrected chi connectivity index (χ3v) is 5.75. The number of sulfonamides is 1. The molecule has 0 bridgehead atoms. The number of aromatic nitrogens is 1. The number of fused-ring (bicyclic) bond motifs is 1. The highest BCUT2D eigenvalue weighted by atomic mass is 32.2. The van der Waals surface area contributed by atoms with Crippen molar-refractivity contribution < 1.29 is 8.42 Å². The molecule has 0 amide bonds. The Morgan fingerprint density at radius 3 is 2.40 bits per heavy atom. The van der Waals surface area contributed by atoms with E-state index in [0.717, 1.165) is 23.2 Å². The van der Waals surface area contributed by atoms with E-state index < -0.39 is 10.0 Å². The van der Waals surface area contributed by atoms with E-state index in [4.69, 9.17) is 0 Å². The number of nitrogens with zero attached hydrogens (tertiary/aromatic N) is 1. The molecular formula is C20H24N2O2S. The second kappa shape index (κ2) is 6.56. The lowest BCUT2D eigenvalue weighted by Gasteiger charge is -2.15. The molecule has 2 aromatic rings. The topological polar surface area (TPSA) is 51.1 Å². The number of allylic oxidation sites excluding steroid dienone is 3. The van der Waals surface area contributed by atoms with Crippen molar-refractivity contribution >= 4 is 15.8 Å². The molecule has 1 aliphatic heterocycles. The van der Waals surface area contributed by atoms with E-state index in [1.54, 1.807) is 12.1 Å². The van der Waals surface area contributed by atoms with Gasteiger partial charge >= 0.3 is 0 Å². The minimum atomic E-state index is -3.64. The fourth-order valence-electron chi connectivity index (χ4n) is 2.97. The van der Waals surface area contributed by atoms with Crippen molar-refractivity contribution in [3.05, 3.63) is 71.1 Å². The van der Waals surface area contributed by atoms with Crippen LogP contribution >= 0.6 is 0 Å². The molecule has 5 heteroatoms. The van der Waals surface area contributed by atoms with Gasteiger partial charge in [0, 0.05) is 18.3 Å². The van der Waals surface area contributed by atoms with Gasteiger partial charge in [0.1, 0.15) is 5.82 Å². The maximum absolute atomic E-state index is 12.8. The maximum Gasteiger partial charge on any atom is 0.263 e. The summed E-state index contributed by atoms with van der Waals surface area (Å²) in [5.74, 6) is 0.917. The van der Waals surface area contributed by atoms with Gasteiger partial charge < -0.3 is 4.57 Å². The van der Waals surface area contributed by atoms with Crippen molar-refractivity contribution in [3.8, 4) is 0 Å². The van der Waals surface area contributed by atoms with Gasteiger partial charge in [0.25, 0.3) is 10.0 Å². The lowest BCUT2D eigenvalue weighted by molar-refractivity contribution is 0.590. The Balaban J connectivity index is 1.95. The van der Waals surface area contributed by atoms with E-state index in [0.29, 0.717) is 11.7 Å². The first-order valence-corrected chi connectivity index (χ1v) is 9.93. The van der Waals surface area contributed by atoms with Gasteiger partial charge in [0.15, 0.2) is 0 Å². The molecule has 0 fully saturated rings. The normalized spacial score (nSPS) is 14.6. The van der Waals surface area contributed by atoms with Crippen molar-refractivity contribution in [1.29, 1.82) is 0 Å². The van der Waals surface area contributed by atoms with Crippen LogP contribution in [0.1, 0.15) is 43.5 Å². The second-order valence-electron chi connectivity index (χ2n) is 6.95. The van der Waals surface area contributed by atoms with Gasteiger partial charge in [-0.2, -0.15) is 0 Å². The molecule has 0 radical (unpaired) electrons. The fraction of sp³-hybridized carbons (Fsp3) is 0.300. The fourth-order valence-corrected chi connectivity index (χ4v) is 4.03. The van der Waals surface area contributed by atoms with Crippen LogP contribution in [0.2, 0.25) is 0 Å². The summed E-state index contributed by atoms with van der Waals surface area (Å²) >= 11 is 0. The smallest absolute Gasteiger partial charge is 0.263 e. The van der Waals surface area contributed by atoms with Crippen molar-refractivity contribution in [2.75, 3.05) is 0 Å². The van der Waals surface area contributed by atoms with Crippen molar-refractivity contribution in [2.24, 2.45) is 0 Å². The Morgan fingerprint density at radius 2 is 1.76 bits per heavy atom. The third-order valence-electron chi connectivity index (χ3n) is 4.38. The van der Waals surface area contributed by atoms with Gasteiger partial charge in [0.2, 0.25) is 0 Å². The molecule has 2 heterocycles. The summed E-state index contributed by atoms with van der Waals surface area (Å²) in [6.07, 6.45) is 6.55. The van der Waals surface area contributed by atoms with Gasteiger partial charge in [-0.1, -0.05) is 37.6 Å². The zero-order chi connectivity index (χ0) is 18.2. The molecule has 0 atom stereocenters.